The molecule has 2 heterocycles. The molecule has 0 radical (unpaired) electrons. The molecule has 1 saturated heterocycles. The highest BCUT2D eigenvalue weighted by Crippen LogP contribution is 2.14. The van der Waals surface area contributed by atoms with Crippen molar-refractivity contribution < 1.29 is 4.52 Å². The van der Waals surface area contributed by atoms with Crippen LogP contribution in [-0.2, 0) is 6.54 Å². The van der Waals surface area contributed by atoms with Crippen molar-refractivity contribution in [3.05, 3.63) is 11.7 Å². The van der Waals surface area contributed by atoms with Crippen LogP contribution < -0.4 is 0 Å². The van der Waals surface area contributed by atoms with Crippen LogP contribution in [0.2, 0.25) is 0 Å². The Labute approximate surface area is 90.7 Å². The minimum atomic E-state index is 0.351. The van der Waals surface area contributed by atoms with E-state index in [2.05, 4.69) is 28.9 Å². The van der Waals surface area contributed by atoms with Gasteiger partial charge in [-0.15, -0.1) is 0 Å². The molecule has 0 atom stereocenters. The fourth-order valence-electron chi connectivity index (χ4n) is 1.88. The zero-order chi connectivity index (χ0) is 10.7. The third kappa shape index (κ3) is 2.78. The van der Waals surface area contributed by atoms with Crippen molar-refractivity contribution in [1.82, 2.24) is 15.0 Å². The number of rotatable bonds is 3. The van der Waals surface area contributed by atoms with Crippen LogP contribution in [0, 0.1) is 0 Å². The van der Waals surface area contributed by atoms with Gasteiger partial charge in [-0.1, -0.05) is 25.4 Å². The number of likely N-dealkylation sites (tertiary alicyclic amines) is 1. The Hall–Kier alpha value is -0.900. The summed E-state index contributed by atoms with van der Waals surface area (Å²) in [6, 6.07) is 0. The van der Waals surface area contributed by atoms with Gasteiger partial charge in [-0.3, -0.25) is 4.90 Å². The highest BCUT2D eigenvalue weighted by molar-refractivity contribution is 4.91. The molecule has 0 aromatic carbocycles. The quantitative estimate of drug-likeness (QED) is 0.765. The van der Waals surface area contributed by atoms with Crippen LogP contribution in [-0.4, -0.2) is 28.1 Å². The van der Waals surface area contributed by atoms with Crippen molar-refractivity contribution in [2.75, 3.05) is 13.1 Å². The van der Waals surface area contributed by atoms with Gasteiger partial charge in [0.05, 0.1) is 6.54 Å². The summed E-state index contributed by atoms with van der Waals surface area (Å²) in [6.45, 7) is 7.31. The van der Waals surface area contributed by atoms with E-state index in [-0.39, 0.29) is 0 Å². The normalized spacial score (nSPS) is 18.6. The Bertz CT molecular complexity index is 303. The lowest BCUT2D eigenvalue weighted by atomic mass is 10.1. The second-order valence-electron chi connectivity index (χ2n) is 4.54. The van der Waals surface area contributed by atoms with Gasteiger partial charge in [0, 0.05) is 5.92 Å². The Kier molecular flexibility index (Phi) is 3.36. The third-order valence-electron chi connectivity index (χ3n) is 2.81. The molecule has 4 heteroatoms. The number of nitrogens with zero attached hydrogens (tertiary/aromatic N) is 3. The molecule has 1 aliphatic rings. The lowest BCUT2D eigenvalue weighted by Gasteiger charge is -2.24. The maximum Gasteiger partial charge on any atom is 0.240 e. The van der Waals surface area contributed by atoms with Crippen LogP contribution in [0.1, 0.15) is 50.7 Å². The van der Waals surface area contributed by atoms with Crippen molar-refractivity contribution >= 4 is 0 Å². The number of hydrogen-bond acceptors (Lipinski definition) is 4. The van der Waals surface area contributed by atoms with Gasteiger partial charge in [0.2, 0.25) is 5.89 Å². The molecule has 1 fully saturated rings. The van der Waals surface area contributed by atoms with Crippen LogP contribution >= 0.6 is 0 Å². The van der Waals surface area contributed by atoms with Gasteiger partial charge in [0.25, 0.3) is 0 Å². The maximum absolute atomic E-state index is 5.23. The molecule has 0 N–H and O–H groups in total. The molecule has 0 amide bonds. The van der Waals surface area contributed by atoms with Gasteiger partial charge in [-0.05, 0) is 25.9 Å². The van der Waals surface area contributed by atoms with E-state index in [4.69, 9.17) is 4.52 Å². The van der Waals surface area contributed by atoms with Crippen molar-refractivity contribution in [2.45, 2.75) is 45.6 Å². The zero-order valence-corrected chi connectivity index (χ0v) is 9.57. The Morgan fingerprint density at radius 3 is 2.60 bits per heavy atom. The highest BCUT2D eigenvalue weighted by Gasteiger charge is 2.15. The molecule has 2 rings (SSSR count). The first-order valence-electron chi connectivity index (χ1n) is 5.80. The van der Waals surface area contributed by atoms with E-state index < -0.39 is 0 Å². The van der Waals surface area contributed by atoms with Crippen LogP contribution in [0.3, 0.4) is 0 Å². The first-order chi connectivity index (χ1) is 7.25. The minimum Gasteiger partial charge on any atom is -0.338 e. The second kappa shape index (κ2) is 4.75. The Balaban J connectivity index is 1.91. The van der Waals surface area contributed by atoms with Gasteiger partial charge >= 0.3 is 0 Å². The lowest BCUT2D eigenvalue weighted by molar-refractivity contribution is 0.193. The Morgan fingerprint density at radius 2 is 2.00 bits per heavy atom. The summed E-state index contributed by atoms with van der Waals surface area (Å²) in [4.78, 5) is 6.77. The molecule has 84 valence electrons. The minimum absolute atomic E-state index is 0.351. The first-order valence-corrected chi connectivity index (χ1v) is 5.80. The van der Waals surface area contributed by atoms with Crippen molar-refractivity contribution in [3.8, 4) is 0 Å². The summed E-state index contributed by atoms with van der Waals surface area (Å²) in [5.41, 5.74) is 0. The molecule has 15 heavy (non-hydrogen) atoms. The summed E-state index contributed by atoms with van der Waals surface area (Å²) < 4.78 is 5.23. The SMILES string of the molecule is CC(C)c1noc(CN2CCCCC2)n1. The summed E-state index contributed by atoms with van der Waals surface area (Å²) in [7, 11) is 0. The smallest absolute Gasteiger partial charge is 0.240 e. The molecule has 0 bridgehead atoms. The number of hydrogen-bond donors (Lipinski definition) is 0. The predicted octanol–water partition coefficient (Wildman–Crippen LogP) is 2.18. The lowest BCUT2D eigenvalue weighted by Crippen LogP contribution is -2.29. The molecular formula is C11H19N3O. The van der Waals surface area contributed by atoms with E-state index in [0.29, 0.717) is 5.92 Å². The van der Waals surface area contributed by atoms with Crippen molar-refractivity contribution in [2.24, 2.45) is 0 Å². The van der Waals surface area contributed by atoms with Crippen molar-refractivity contribution in [3.63, 3.8) is 0 Å². The summed E-state index contributed by atoms with van der Waals surface area (Å²) >= 11 is 0. The van der Waals surface area contributed by atoms with Gasteiger partial charge in [-0.25, -0.2) is 0 Å². The van der Waals surface area contributed by atoms with Gasteiger partial charge in [-0.2, -0.15) is 4.98 Å². The predicted molar refractivity (Wildman–Crippen MR) is 57.5 cm³/mol. The van der Waals surface area contributed by atoms with Crippen LogP contribution in [0.25, 0.3) is 0 Å². The largest absolute Gasteiger partial charge is 0.338 e. The first kappa shape index (κ1) is 10.6. The zero-order valence-electron chi connectivity index (χ0n) is 9.57. The number of piperidine rings is 1. The van der Waals surface area contributed by atoms with Crippen molar-refractivity contribution in [1.29, 1.82) is 0 Å². The highest BCUT2D eigenvalue weighted by atomic mass is 16.5. The Morgan fingerprint density at radius 1 is 1.27 bits per heavy atom. The van der Waals surface area contributed by atoms with Crippen LogP contribution in [0.4, 0.5) is 0 Å². The second-order valence-corrected chi connectivity index (χ2v) is 4.54. The monoisotopic (exact) mass is 209 g/mol. The molecular weight excluding hydrogens is 190 g/mol. The summed E-state index contributed by atoms with van der Waals surface area (Å²) in [5, 5.41) is 3.97. The average molecular weight is 209 g/mol. The van der Waals surface area contributed by atoms with Gasteiger partial charge < -0.3 is 4.52 Å². The van der Waals surface area contributed by atoms with E-state index in [0.717, 1.165) is 18.3 Å². The molecule has 0 saturated carbocycles. The molecule has 1 aromatic rings. The molecule has 4 nitrogen and oxygen atoms in total. The van der Waals surface area contributed by atoms with Gasteiger partial charge in [0.1, 0.15) is 0 Å². The van der Waals surface area contributed by atoms with E-state index in [1.54, 1.807) is 0 Å². The summed E-state index contributed by atoms with van der Waals surface area (Å²) in [6.07, 6.45) is 3.95. The standard InChI is InChI=1S/C11H19N3O/c1-9(2)11-12-10(15-13-11)8-14-6-4-3-5-7-14/h9H,3-8H2,1-2H3. The number of aromatic nitrogens is 2. The maximum atomic E-state index is 5.23. The van der Waals surface area contributed by atoms with E-state index in [1.807, 2.05) is 0 Å². The van der Waals surface area contributed by atoms with E-state index in [9.17, 15) is 0 Å². The average Bonchev–Trinajstić information content (AvgIpc) is 2.68. The van der Waals surface area contributed by atoms with E-state index >= 15 is 0 Å². The van der Waals surface area contributed by atoms with E-state index in [1.165, 1.54) is 32.4 Å². The van der Waals surface area contributed by atoms with Gasteiger partial charge in [0.15, 0.2) is 5.82 Å². The van der Waals surface area contributed by atoms with Crippen LogP contribution in [0.5, 0.6) is 0 Å². The fourth-order valence-corrected chi connectivity index (χ4v) is 1.88. The fraction of sp³-hybridized carbons (Fsp3) is 0.818. The van der Waals surface area contributed by atoms with Crippen LogP contribution in [0.15, 0.2) is 4.52 Å². The molecule has 0 aliphatic carbocycles. The molecule has 0 unspecified atom stereocenters. The molecule has 0 spiro atoms. The third-order valence-corrected chi connectivity index (χ3v) is 2.81. The summed E-state index contributed by atoms with van der Waals surface area (Å²) in [5.74, 6) is 1.94. The molecule has 1 aromatic heterocycles. The topological polar surface area (TPSA) is 42.2 Å². The molecule has 1 aliphatic heterocycles.